The van der Waals surface area contributed by atoms with Gasteiger partial charge in [0, 0.05) is 17.4 Å². The van der Waals surface area contributed by atoms with E-state index in [2.05, 4.69) is 75.8 Å². The van der Waals surface area contributed by atoms with Gasteiger partial charge in [-0.05, 0) is 48.1 Å². The lowest BCUT2D eigenvalue weighted by molar-refractivity contribution is 0.683. The molecule has 1 atom stereocenters. The Morgan fingerprint density at radius 1 is 1.00 bits per heavy atom. The zero-order valence-corrected chi connectivity index (χ0v) is 17.9. The summed E-state index contributed by atoms with van der Waals surface area (Å²) >= 11 is 0. The predicted molar refractivity (Wildman–Crippen MR) is 126 cm³/mol. The Labute approximate surface area is 161 Å². The molecule has 0 aliphatic carbocycles. The van der Waals surface area contributed by atoms with E-state index < -0.39 is 9.39 Å². The van der Waals surface area contributed by atoms with Crippen LogP contribution < -0.4 is 0 Å². The summed E-state index contributed by atoms with van der Waals surface area (Å²) in [5.41, 5.74) is 3.98. The molecule has 0 N–H and O–H groups in total. The molecule has 0 saturated heterocycles. The Balaban J connectivity index is 2.42. The van der Waals surface area contributed by atoms with Crippen LogP contribution in [0, 0.1) is 0 Å². The number of rotatable bonds is 9. The number of nitrogens with zero attached hydrogens (tertiary/aromatic N) is 1. The van der Waals surface area contributed by atoms with Crippen molar-refractivity contribution >= 4 is 37.6 Å². The Morgan fingerprint density at radius 3 is 2.35 bits per heavy atom. The molecular weight excluding hydrogens is 334 g/mol. The van der Waals surface area contributed by atoms with Crippen LogP contribution in [0.3, 0.4) is 0 Å². The highest BCUT2D eigenvalue weighted by atomic mass is 32.2. The van der Waals surface area contributed by atoms with Crippen molar-refractivity contribution in [3.05, 3.63) is 47.5 Å². The van der Waals surface area contributed by atoms with Crippen molar-refractivity contribution in [3.63, 3.8) is 0 Å². The second-order valence-corrected chi connectivity index (χ2v) is 10.0. The van der Waals surface area contributed by atoms with Gasteiger partial charge in [0.15, 0.2) is 0 Å². The van der Waals surface area contributed by atoms with Crippen LogP contribution in [-0.4, -0.2) is 23.2 Å². The quantitative estimate of drug-likeness (QED) is 0.329. The van der Waals surface area contributed by atoms with Crippen LogP contribution in [-0.2, 0) is 6.42 Å². The van der Waals surface area contributed by atoms with E-state index in [0.717, 1.165) is 25.0 Å². The topological polar surface area (TPSA) is 12.4 Å². The first-order valence-corrected chi connectivity index (χ1v) is 12.1. The maximum Gasteiger partial charge on any atom is 0.0293 e. The number of aryl methyl sites for hydroxylation is 1. The number of fused-ring (bicyclic) bond motifs is 1. The normalized spacial score (nSPS) is 13.9. The standard InChI is InChI=1S/C24H35NS/c1-7-10-11-24(19(4)25-26(5,6)16-8-2)23-15-14-21-17-20(9-3)12-13-22(21)18-23/h12-15,17-18,24H,5-11,16H2,1-4H3/b25-19+. The third-order valence-electron chi connectivity index (χ3n) is 5.01. The Bertz CT molecular complexity index is 859. The van der Waals surface area contributed by atoms with Crippen LogP contribution in [0.15, 0.2) is 40.8 Å². The van der Waals surface area contributed by atoms with Crippen LogP contribution in [0.5, 0.6) is 0 Å². The Kier molecular flexibility index (Phi) is 7.52. The van der Waals surface area contributed by atoms with E-state index in [4.69, 9.17) is 4.40 Å². The van der Waals surface area contributed by atoms with Crippen molar-refractivity contribution in [1.29, 1.82) is 0 Å². The van der Waals surface area contributed by atoms with Gasteiger partial charge in [-0.2, -0.15) is 0 Å². The van der Waals surface area contributed by atoms with Crippen LogP contribution in [0.2, 0.25) is 0 Å². The fourth-order valence-electron chi connectivity index (χ4n) is 3.57. The number of hydrogen-bond donors (Lipinski definition) is 0. The van der Waals surface area contributed by atoms with Crippen molar-refractivity contribution in [1.82, 2.24) is 0 Å². The minimum atomic E-state index is -1.37. The van der Waals surface area contributed by atoms with Crippen LogP contribution in [0.25, 0.3) is 10.8 Å². The third kappa shape index (κ3) is 5.48. The molecule has 0 amide bonds. The smallest absolute Gasteiger partial charge is 0.0293 e. The van der Waals surface area contributed by atoms with Gasteiger partial charge >= 0.3 is 0 Å². The predicted octanol–water partition coefficient (Wildman–Crippen LogP) is 7.13. The van der Waals surface area contributed by atoms with Crippen LogP contribution in [0.4, 0.5) is 0 Å². The molecule has 2 heteroatoms. The van der Waals surface area contributed by atoms with Crippen molar-refractivity contribution < 1.29 is 0 Å². The number of benzene rings is 2. The lowest BCUT2D eigenvalue weighted by Crippen LogP contribution is -2.10. The summed E-state index contributed by atoms with van der Waals surface area (Å²) in [5.74, 6) is 9.99. The molecule has 0 aromatic heterocycles. The molecule has 0 bridgehead atoms. The summed E-state index contributed by atoms with van der Waals surface area (Å²) in [5, 5.41) is 2.66. The van der Waals surface area contributed by atoms with Gasteiger partial charge in [-0.3, -0.25) is 0 Å². The highest BCUT2D eigenvalue weighted by molar-refractivity contribution is 8.26. The molecule has 1 nitrogen and oxygen atoms in total. The van der Waals surface area contributed by atoms with Gasteiger partial charge < -0.3 is 0 Å². The van der Waals surface area contributed by atoms with Crippen molar-refractivity contribution in [2.75, 3.05) is 5.75 Å². The lowest BCUT2D eigenvalue weighted by atomic mass is 9.88. The lowest BCUT2D eigenvalue weighted by Gasteiger charge is -2.20. The maximum absolute atomic E-state index is 5.01. The van der Waals surface area contributed by atoms with E-state index >= 15 is 0 Å². The zero-order chi connectivity index (χ0) is 19.2. The first-order valence-electron chi connectivity index (χ1n) is 9.96. The van der Waals surface area contributed by atoms with E-state index in [1.807, 2.05) is 0 Å². The van der Waals surface area contributed by atoms with Crippen molar-refractivity contribution in [2.24, 2.45) is 4.40 Å². The molecular formula is C24H35NS. The average Bonchev–Trinajstić information content (AvgIpc) is 2.60. The van der Waals surface area contributed by atoms with Gasteiger partial charge in [0.25, 0.3) is 0 Å². The van der Waals surface area contributed by atoms with E-state index in [1.54, 1.807) is 0 Å². The molecule has 0 aliphatic rings. The third-order valence-corrected chi connectivity index (χ3v) is 6.86. The summed E-state index contributed by atoms with van der Waals surface area (Å²) in [4.78, 5) is 0. The van der Waals surface area contributed by atoms with Gasteiger partial charge in [-0.1, -0.05) is 81.8 Å². The molecule has 1 unspecified atom stereocenters. The Hall–Kier alpha value is -1.54. The first-order chi connectivity index (χ1) is 12.4. The molecule has 0 saturated carbocycles. The maximum atomic E-state index is 5.01. The van der Waals surface area contributed by atoms with E-state index in [1.165, 1.54) is 40.5 Å². The fourth-order valence-corrected chi connectivity index (χ4v) is 5.16. The molecule has 0 fully saturated rings. The SMILES string of the molecule is C=S(=C)(CCC)/N=C(\C)C(CCCC)c1ccc2cc(CC)ccc2c1. The molecule has 0 radical (unpaired) electrons. The highest BCUT2D eigenvalue weighted by Crippen LogP contribution is 2.31. The van der Waals surface area contributed by atoms with Crippen molar-refractivity contribution in [3.8, 4) is 0 Å². The number of unbranched alkanes of at least 4 members (excludes halogenated alkanes) is 1. The van der Waals surface area contributed by atoms with Gasteiger partial charge in [0.2, 0.25) is 0 Å². The molecule has 0 heterocycles. The second-order valence-electron chi connectivity index (χ2n) is 7.43. The van der Waals surface area contributed by atoms with Gasteiger partial charge in [-0.15, -0.1) is 9.39 Å². The van der Waals surface area contributed by atoms with Crippen molar-refractivity contribution in [2.45, 2.75) is 65.7 Å². The summed E-state index contributed by atoms with van der Waals surface area (Å²) in [6.07, 6.45) is 5.74. The molecule has 142 valence electrons. The molecule has 2 aromatic rings. The fraction of sp³-hybridized carbons (Fsp3) is 0.458. The molecule has 2 rings (SSSR count). The highest BCUT2D eigenvalue weighted by Gasteiger charge is 2.16. The summed E-state index contributed by atoms with van der Waals surface area (Å²) in [6, 6.07) is 13.7. The second kappa shape index (κ2) is 9.41. The zero-order valence-electron chi connectivity index (χ0n) is 17.1. The van der Waals surface area contributed by atoms with Crippen LogP contribution >= 0.6 is 9.39 Å². The molecule has 0 aliphatic heterocycles. The minimum absolute atomic E-state index is 0.373. The van der Waals surface area contributed by atoms with Gasteiger partial charge in [0.05, 0.1) is 0 Å². The summed E-state index contributed by atoms with van der Waals surface area (Å²) < 4.78 is 5.01. The number of hydrogen-bond acceptors (Lipinski definition) is 1. The van der Waals surface area contributed by atoms with E-state index in [0.29, 0.717) is 5.92 Å². The van der Waals surface area contributed by atoms with Crippen LogP contribution in [0.1, 0.15) is 70.4 Å². The van der Waals surface area contributed by atoms with Gasteiger partial charge in [0.1, 0.15) is 0 Å². The van der Waals surface area contributed by atoms with Gasteiger partial charge in [-0.25, -0.2) is 4.40 Å². The largest absolute Gasteiger partial charge is 0.240 e. The monoisotopic (exact) mass is 369 g/mol. The summed E-state index contributed by atoms with van der Waals surface area (Å²) in [7, 11) is -1.37. The van der Waals surface area contributed by atoms with E-state index in [-0.39, 0.29) is 0 Å². The molecule has 0 spiro atoms. The minimum Gasteiger partial charge on any atom is -0.240 e. The molecule has 2 aromatic carbocycles. The Morgan fingerprint density at radius 2 is 1.69 bits per heavy atom. The molecule has 26 heavy (non-hydrogen) atoms. The van der Waals surface area contributed by atoms with E-state index in [9.17, 15) is 0 Å². The first kappa shape index (κ1) is 20.8. The summed E-state index contributed by atoms with van der Waals surface area (Å²) in [6.45, 7) is 8.83. The average molecular weight is 370 g/mol.